The maximum Gasteiger partial charge on any atom is 0.0944 e. The molecule has 1 rings (SSSR count). The minimum atomic E-state index is 0.171. The SMILES string of the molecule is CCCCCC(Cc1nc(C(C)(C)C)cs1)NCC. The molecule has 1 heterocycles. The van der Waals surface area contributed by atoms with Gasteiger partial charge < -0.3 is 5.32 Å². The maximum absolute atomic E-state index is 4.81. The lowest BCUT2D eigenvalue weighted by molar-refractivity contribution is 0.465. The third kappa shape index (κ3) is 6.05. The molecule has 1 aromatic rings. The third-order valence-electron chi connectivity index (χ3n) is 3.39. The Morgan fingerprint density at radius 2 is 2.00 bits per heavy atom. The second-order valence-electron chi connectivity index (χ2n) is 6.33. The molecule has 0 saturated carbocycles. The van der Waals surface area contributed by atoms with E-state index in [2.05, 4.69) is 45.3 Å². The van der Waals surface area contributed by atoms with Crippen molar-refractivity contribution in [1.82, 2.24) is 10.3 Å². The molecule has 110 valence electrons. The monoisotopic (exact) mass is 282 g/mol. The van der Waals surface area contributed by atoms with Crippen LogP contribution in [0.25, 0.3) is 0 Å². The number of aromatic nitrogens is 1. The number of nitrogens with zero attached hydrogens (tertiary/aromatic N) is 1. The largest absolute Gasteiger partial charge is 0.314 e. The van der Waals surface area contributed by atoms with Crippen LogP contribution < -0.4 is 5.32 Å². The lowest BCUT2D eigenvalue weighted by Gasteiger charge is -2.17. The zero-order valence-corrected chi connectivity index (χ0v) is 14.1. The maximum atomic E-state index is 4.81. The Balaban J connectivity index is 2.55. The van der Waals surface area contributed by atoms with Gasteiger partial charge in [-0.25, -0.2) is 4.98 Å². The van der Waals surface area contributed by atoms with Gasteiger partial charge in [-0.15, -0.1) is 11.3 Å². The van der Waals surface area contributed by atoms with Gasteiger partial charge in [0.05, 0.1) is 10.7 Å². The van der Waals surface area contributed by atoms with Crippen LogP contribution in [0, 0.1) is 0 Å². The van der Waals surface area contributed by atoms with Crippen LogP contribution in [0.1, 0.15) is 71.0 Å². The molecule has 0 aromatic carbocycles. The number of thiazole rings is 1. The smallest absolute Gasteiger partial charge is 0.0944 e. The molecule has 0 aliphatic heterocycles. The molecule has 3 heteroatoms. The molecule has 0 aliphatic carbocycles. The number of rotatable bonds is 8. The molecule has 0 saturated heterocycles. The summed E-state index contributed by atoms with van der Waals surface area (Å²) in [6, 6.07) is 0.593. The first kappa shape index (κ1) is 16.6. The molecule has 1 N–H and O–H groups in total. The van der Waals surface area contributed by atoms with Crippen LogP contribution in [0.5, 0.6) is 0 Å². The van der Waals surface area contributed by atoms with E-state index < -0.39 is 0 Å². The molecule has 0 aliphatic rings. The topological polar surface area (TPSA) is 24.9 Å². The molecule has 1 atom stereocenters. The summed E-state index contributed by atoms with van der Waals surface area (Å²) in [5.74, 6) is 0. The Labute approximate surface area is 123 Å². The quantitative estimate of drug-likeness (QED) is 0.708. The van der Waals surface area contributed by atoms with Crippen molar-refractivity contribution >= 4 is 11.3 Å². The van der Waals surface area contributed by atoms with E-state index in [-0.39, 0.29) is 5.41 Å². The van der Waals surface area contributed by atoms with Gasteiger partial charge in [0.2, 0.25) is 0 Å². The summed E-state index contributed by atoms with van der Waals surface area (Å²) < 4.78 is 0. The lowest BCUT2D eigenvalue weighted by atomic mass is 9.93. The van der Waals surface area contributed by atoms with Crippen molar-refractivity contribution in [2.75, 3.05) is 6.54 Å². The van der Waals surface area contributed by atoms with Gasteiger partial charge in [0.1, 0.15) is 0 Å². The second kappa shape index (κ2) is 8.01. The first-order valence-electron chi connectivity index (χ1n) is 7.65. The Kier molecular flexibility index (Phi) is 7.01. The van der Waals surface area contributed by atoms with E-state index in [9.17, 15) is 0 Å². The van der Waals surface area contributed by atoms with Crippen molar-refractivity contribution in [2.45, 2.75) is 78.2 Å². The molecule has 1 unspecified atom stereocenters. The summed E-state index contributed by atoms with van der Waals surface area (Å²) >= 11 is 1.82. The predicted molar refractivity (Wildman–Crippen MR) is 86.1 cm³/mol. The van der Waals surface area contributed by atoms with Crippen molar-refractivity contribution in [3.63, 3.8) is 0 Å². The number of nitrogens with one attached hydrogen (secondary N) is 1. The van der Waals surface area contributed by atoms with E-state index in [0.29, 0.717) is 6.04 Å². The van der Waals surface area contributed by atoms with Crippen molar-refractivity contribution < 1.29 is 0 Å². The Morgan fingerprint density at radius 3 is 2.53 bits per heavy atom. The van der Waals surface area contributed by atoms with Crippen LogP contribution >= 0.6 is 11.3 Å². The highest BCUT2D eigenvalue weighted by atomic mass is 32.1. The van der Waals surface area contributed by atoms with Crippen LogP contribution in [0.3, 0.4) is 0 Å². The summed E-state index contributed by atoms with van der Waals surface area (Å²) in [5, 5.41) is 7.12. The van der Waals surface area contributed by atoms with E-state index in [1.807, 2.05) is 11.3 Å². The highest BCUT2D eigenvalue weighted by Crippen LogP contribution is 2.24. The van der Waals surface area contributed by atoms with E-state index in [4.69, 9.17) is 4.98 Å². The molecular formula is C16H30N2S. The second-order valence-corrected chi connectivity index (χ2v) is 7.27. The average Bonchev–Trinajstić information content (AvgIpc) is 2.78. The molecule has 2 nitrogen and oxygen atoms in total. The summed E-state index contributed by atoms with van der Waals surface area (Å²) in [5.41, 5.74) is 1.40. The van der Waals surface area contributed by atoms with Gasteiger partial charge in [-0.3, -0.25) is 0 Å². The minimum absolute atomic E-state index is 0.171. The van der Waals surface area contributed by atoms with E-state index >= 15 is 0 Å². The van der Waals surface area contributed by atoms with Crippen LogP contribution in [0.4, 0.5) is 0 Å². The standard InChI is InChI=1S/C16H30N2S/c1-6-8-9-10-13(17-7-2)11-15-18-14(12-19-15)16(3,4)5/h12-13,17H,6-11H2,1-5H3. The van der Waals surface area contributed by atoms with E-state index in [0.717, 1.165) is 13.0 Å². The normalized spacial score (nSPS) is 13.7. The fourth-order valence-corrected chi connectivity index (χ4v) is 3.27. The molecule has 0 fully saturated rings. The zero-order valence-electron chi connectivity index (χ0n) is 13.3. The van der Waals surface area contributed by atoms with Crippen molar-refractivity contribution in [3.8, 4) is 0 Å². The number of hydrogen-bond donors (Lipinski definition) is 1. The fraction of sp³-hybridized carbons (Fsp3) is 0.812. The van der Waals surface area contributed by atoms with Crippen molar-refractivity contribution in [1.29, 1.82) is 0 Å². The first-order valence-corrected chi connectivity index (χ1v) is 8.53. The zero-order chi connectivity index (χ0) is 14.3. The molecule has 0 radical (unpaired) electrons. The summed E-state index contributed by atoms with van der Waals surface area (Å²) in [6.07, 6.45) is 6.31. The Morgan fingerprint density at radius 1 is 1.26 bits per heavy atom. The summed E-state index contributed by atoms with van der Waals surface area (Å²) in [7, 11) is 0. The molecule has 0 amide bonds. The van der Waals surface area contributed by atoms with Gasteiger partial charge in [0.15, 0.2) is 0 Å². The van der Waals surface area contributed by atoms with Gasteiger partial charge in [-0.05, 0) is 13.0 Å². The van der Waals surface area contributed by atoms with E-state index in [1.54, 1.807) is 0 Å². The number of hydrogen-bond acceptors (Lipinski definition) is 3. The number of likely N-dealkylation sites (N-methyl/N-ethyl adjacent to an activating group) is 1. The fourth-order valence-electron chi connectivity index (χ4n) is 2.17. The van der Waals surface area contributed by atoms with Crippen LogP contribution in [-0.4, -0.2) is 17.6 Å². The Hall–Kier alpha value is -0.410. The predicted octanol–water partition coefficient (Wildman–Crippen LogP) is 4.54. The lowest BCUT2D eigenvalue weighted by Crippen LogP contribution is -2.31. The average molecular weight is 282 g/mol. The van der Waals surface area contributed by atoms with Gasteiger partial charge in [0, 0.05) is 23.3 Å². The van der Waals surface area contributed by atoms with Crippen LogP contribution in [0.15, 0.2) is 5.38 Å². The summed E-state index contributed by atoms with van der Waals surface area (Å²) in [4.78, 5) is 4.81. The van der Waals surface area contributed by atoms with Crippen molar-refractivity contribution in [3.05, 3.63) is 16.1 Å². The van der Waals surface area contributed by atoms with Gasteiger partial charge in [-0.2, -0.15) is 0 Å². The molecule has 0 spiro atoms. The molecule has 1 aromatic heterocycles. The van der Waals surface area contributed by atoms with Gasteiger partial charge in [0.25, 0.3) is 0 Å². The summed E-state index contributed by atoms with van der Waals surface area (Å²) in [6.45, 7) is 12.2. The highest BCUT2D eigenvalue weighted by molar-refractivity contribution is 7.09. The van der Waals surface area contributed by atoms with E-state index in [1.165, 1.54) is 36.4 Å². The molecule has 19 heavy (non-hydrogen) atoms. The molecule has 0 bridgehead atoms. The number of unbranched alkanes of at least 4 members (excludes halogenated alkanes) is 2. The Bertz CT molecular complexity index is 352. The molecular weight excluding hydrogens is 252 g/mol. The van der Waals surface area contributed by atoms with Crippen LogP contribution in [0.2, 0.25) is 0 Å². The highest BCUT2D eigenvalue weighted by Gasteiger charge is 2.18. The van der Waals surface area contributed by atoms with Gasteiger partial charge in [-0.1, -0.05) is 53.9 Å². The van der Waals surface area contributed by atoms with Crippen molar-refractivity contribution in [2.24, 2.45) is 0 Å². The minimum Gasteiger partial charge on any atom is -0.314 e. The first-order chi connectivity index (χ1) is 8.97. The van der Waals surface area contributed by atoms with Gasteiger partial charge >= 0.3 is 0 Å². The van der Waals surface area contributed by atoms with Crippen LogP contribution in [-0.2, 0) is 11.8 Å². The third-order valence-corrected chi connectivity index (χ3v) is 4.26.